The third kappa shape index (κ3) is 5.97. The van der Waals surface area contributed by atoms with Crippen LogP contribution in [-0.4, -0.2) is 38.1 Å². The Labute approximate surface area is 165 Å². The molecule has 3 rings (SSSR count). The quantitative estimate of drug-likeness (QED) is 0.826. The summed E-state index contributed by atoms with van der Waals surface area (Å²) < 4.78 is 0. The van der Waals surface area contributed by atoms with Gasteiger partial charge in [-0.3, -0.25) is 4.79 Å². The highest BCUT2D eigenvalue weighted by Gasteiger charge is 2.22. The summed E-state index contributed by atoms with van der Waals surface area (Å²) in [5.74, 6) is 0.983. The van der Waals surface area contributed by atoms with Crippen molar-refractivity contribution in [3.05, 3.63) is 29.8 Å². The monoisotopic (exact) mass is 371 g/mol. The predicted octanol–water partition coefficient (Wildman–Crippen LogP) is 3.85. The van der Waals surface area contributed by atoms with Crippen molar-refractivity contribution in [1.29, 1.82) is 0 Å². The van der Waals surface area contributed by atoms with E-state index in [0.29, 0.717) is 12.5 Å². The lowest BCUT2D eigenvalue weighted by Gasteiger charge is -2.34. The largest absolute Gasteiger partial charge is 0.371 e. The molecule has 0 saturated carbocycles. The van der Waals surface area contributed by atoms with Gasteiger partial charge in [0.1, 0.15) is 0 Å². The van der Waals surface area contributed by atoms with Crippen molar-refractivity contribution >= 4 is 11.6 Å². The third-order valence-corrected chi connectivity index (χ3v) is 6.20. The SMILES string of the molecule is CC(C)(C)c1ccc(N2CCC(NC(=O)CCC3CCNCC3)CC2)cc1. The molecule has 1 amide bonds. The molecular weight excluding hydrogens is 334 g/mol. The van der Waals surface area contributed by atoms with E-state index in [9.17, 15) is 4.79 Å². The molecular formula is C23H37N3O. The van der Waals surface area contributed by atoms with Gasteiger partial charge in [-0.05, 0) is 74.2 Å². The summed E-state index contributed by atoms with van der Waals surface area (Å²) in [4.78, 5) is 14.7. The van der Waals surface area contributed by atoms with E-state index in [-0.39, 0.29) is 11.3 Å². The number of benzene rings is 1. The Kier molecular flexibility index (Phi) is 6.80. The molecule has 0 bridgehead atoms. The van der Waals surface area contributed by atoms with E-state index < -0.39 is 0 Å². The van der Waals surface area contributed by atoms with Gasteiger partial charge in [0.25, 0.3) is 0 Å². The van der Waals surface area contributed by atoms with Crippen LogP contribution in [0.4, 0.5) is 5.69 Å². The molecule has 1 aromatic rings. The number of nitrogens with zero attached hydrogens (tertiary/aromatic N) is 1. The maximum atomic E-state index is 12.3. The highest BCUT2D eigenvalue weighted by molar-refractivity contribution is 5.76. The molecule has 0 radical (unpaired) electrons. The summed E-state index contributed by atoms with van der Waals surface area (Å²) in [6.07, 6.45) is 6.27. The van der Waals surface area contributed by atoms with Crippen molar-refractivity contribution in [2.24, 2.45) is 5.92 Å². The standard InChI is InChI=1S/C23H37N3O/c1-23(2,3)19-5-7-21(8-6-19)26-16-12-20(13-17-26)25-22(27)9-4-18-10-14-24-15-11-18/h5-8,18,20,24H,4,9-17H2,1-3H3,(H,25,27). The number of rotatable bonds is 5. The van der Waals surface area contributed by atoms with Gasteiger partial charge in [0.05, 0.1) is 0 Å². The minimum atomic E-state index is 0.198. The average Bonchev–Trinajstić information content (AvgIpc) is 2.67. The first kappa shape index (κ1) is 20.2. The number of piperidine rings is 2. The van der Waals surface area contributed by atoms with Gasteiger partial charge >= 0.3 is 0 Å². The fourth-order valence-corrected chi connectivity index (χ4v) is 4.26. The van der Waals surface area contributed by atoms with Crippen LogP contribution >= 0.6 is 0 Å². The zero-order valence-corrected chi connectivity index (χ0v) is 17.4. The number of carbonyl (C=O) groups is 1. The van der Waals surface area contributed by atoms with Crippen LogP contribution in [0.5, 0.6) is 0 Å². The van der Waals surface area contributed by atoms with Crippen LogP contribution in [-0.2, 0) is 10.2 Å². The molecule has 2 aliphatic heterocycles. The summed E-state index contributed by atoms with van der Waals surface area (Å²) in [6, 6.07) is 9.35. The summed E-state index contributed by atoms with van der Waals surface area (Å²) in [5, 5.41) is 6.67. The molecule has 2 aliphatic rings. The van der Waals surface area contributed by atoms with E-state index in [1.807, 2.05) is 0 Å². The van der Waals surface area contributed by atoms with Gasteiger partial charge in [-0.25, -0.2) is 0 Å². The molecule has 0 atom stereocenters. The van der Waals surface area contributed by atoms with Crippen molar-refractivity contribution < 1.29 is 4.79 Å². The van der Waals surface area contributed by atoms with Gasteiger partial charge < -0.3 is 15.5 Å². The van der Waals surface area contributed by atoms with Gasteiger partial charge in [0.15, 0.2) is 0 Å². The average molecular weight is 372 g/mol. The number of anilines is 1. The van der Waals surface area contributed by atoms with E-state index in [1.165, 1.54) is 24.1 Å². The molecule has 0 spiro atoms. The highest BCUT2D eigenvalue weighted by atomic mass is 16.1. The lowest BCUT2D eigenvalue weighted by atomic mass is 9.87. The van der Waals surface area contributed by atoms with Crippen molar-refractivity contribution in [2.75, 3.05) is 31.1 Å². The van der Waals surface area contributed by atoms with E-state index in [0.717, 1.165) is 51.4 Å². The first-order valence-corrected chi connectivity index (χ1v) is 10.8. The van der Waals surface area contributed by atoms with Crippen LogP contribution in [0.25, 0.3) is 0 Å². The molecule has 1 aromatic carbocycles. The van der Waals surface area contributed by atoms with Crippen LogP contribution in [0.2, 0.25) is 0 Å². The molecule has 0 unspecified atom stereocenters. The summed E-state index contributed by atoms with van der Waals surface area (Å²) in [7, 11) is 0. The number of amides is 1. The van der Waals surface area contributed by atoms with Crippen molar-refractivity contribution in [3.63, 3.8) is 0 Å². The van der Waals surface area contributed by atoms with Crippen LogP contribution in [0, 0.1) is 5.92 Å². The van der Waals surface area contributed by atoms with Gasteiger partial charge in [-0.15, -0.1) is 0 Å². The number of hydrogen-bond donors (Lipinski definition) is 2. The number of carbonyl (C=O) groups excluding carboxylic acids is 1. The molecule has 2 heterocycles. The van der Waals surface area contributed by atoms with E-state index in [1.54, 1.807) is 0 Å². The Balaban J connectivity index is 1.40. The lowest BCUT2D eigenvalue weighted by molar-refractivity contribution is -0.122. The molecule has 0 aliphatic carbocycles. The Bertz CT molecular complexity index is 591. The molecule has 0 aromatic heterocycles. The van der Waals surface area contributed by atoms with Gasteiger partial charge in [-0.2, -0.15) is 0 Å². The third-order valence-electron chi connectivity index (χ3n) is 6.20. The van der Waals surface area contributed by atoms with Crippen molar-refractivity contribution in [2.45, 2.75) is 70.8 Å². The summed E-state index contributed by atoms with van der Waals surface area (Å²) in [6.45, 7) is 11.0. The van der Waals surface area contributed by atoms with Crippen LogP contribution < -0.4 is 15.5 Å². The summed E-state index contributed by atoms with van der Waals surface area (Å²) in [5.41, 5.74) is 2.88. The Morgan fingerprint density at radius 1 is 1.07 bits per heavy atom. The predicted molar refractivity (Wildman–Crippen MR) is 113 cm³/mol. The van der Waals surface area contributed by atoms with E-state index in [2.05, 4.69) is 60.6 Å². The molecule has 2 saturated heterocycles. The van der Waals surface area contributed by atoms with Crippen molar-refractivity contribution in [1.82, 2.24) is 10.6 Å². The minimum absolute atomic E-state index is 0.198. The first-order chi connectivity index (χ1) is 12.9. The molecule has 27 heavy (non-hydrogen) atoms. The number of nitrogens with one attached hydrogen (secondary N) is 2. The molecule has 4 nitrogen and oxygen atoms in total. The molecule has 2 N–H and O–H groups in total. The maximum Gasteiger partial charge on any atom is 0.220 e. The molecule has 150 valence electrons. The lowest BCUT2D eigenvalue weighted by Crippen LogP contribution is -2.44. The fraction of sp³-hybridized carbons (Fsp3) is 0.696. The molecule has 2 fully saturated rings. The van der Waals surface area contributed by atoms with Gasteiger partial charge in [-0.1, -0.05) is 32.9 Å². The van der Waals surface area contributed by atoms with Gasteiger partial charge in [0.2, 0.25) is 5.91 Å². The number of hydrogen-bond acceptors (Lipinski definition) is 3. The second-order valence-electron chi connectivity index (χ2n) is 9.36. The zero-order valence-electron chi connectivity index (χ0n) is 17.4. The highest BCUT2D eigenvalue weighted by Crippen LogP contribution is 2.26. The summed E-state index contributed by atoms with van der Waals surface area (Å²) >= 11 is 0. The normalized spacial score (nSPS) is 19.9. The minimum Gasteiger partial charge on any atom is -0.371 e. The van der Waals surface area contributed by atoms with Crippen LogP contribution in [0.15, 0.2) is 24.3 Å². The smallest absolute Gasteiger partial charge is 0.220 e. The van der Waals surface area contributed by atoms with E-state index >= 15 is 0 Å². The first-order valence-electron chi connectivity index (χ1n) is 10.8. The maximum absolute atomic E-state index is 12.3. The second kappa shape index (κ2) is 9.09. The van der Waals surface area contributed by atoms with Crippen LogP contribution in [0.3, 0.4) is 0 Å². The van der Waals surface area contributed by atoms with Crippen LogP contribution in [0.1, 0.15) is 64.9 Å². The topological polar surface area (TPSA) is 44.4 Å². The Hall–Kier alpha value is -1.55. The Morgan fingerprint density at radius 2 is 1.70 bits per heavy atom. The van der Waals surface area contributed by atoms with Gasteiger partial charge in [0, 0.05) is 31.2 Å². The fourth-order valence-electron chi connectivity index (χ4n) is 4.26. The Morgan fingerprint density at radius 3 is 2.30 bits per heavy atom. The molecule has 4 heteroatoms. The second-order valence-corrected chi connectivity index (χ2v) is 9.36. The van der Waals surface area contributed by atoms with Crippen molar-refractivity contribution in [3.8, 4) is 0 Å². The van der Waals surface area contributed by atoms with E-state index in [4.69, 9.17) is 0 Å². The zero-order chi connectivity index (χ0) is 19.3.